The van der Waals surface area contributed by atoms with Crippen LogP contribution in [0.2, 0.25) is 0 Å². The number of fused-ring (bicyclic) bond motifs is 1. The minimum Gasteiger partial charge on any atom is -0.362 e. The maximum atomic E-state index is 5.35. The van der Waals surface area contributed by atoms with Crippen LogP contribution in [0.5, 0.6) is 0 Å². The molecule has 0 spiro atoms. The van der Waals surface area contributed by atoms with Crippen LogP contribution in [-0.4, -0.2) is 11.7 Å². The molecule has 0 amide bonds. The Labute approximate surface area is 49.3 Å². The summed E-state index contributed by atoms with van der Waals surface area (Å²) in [6.07, 6.45) is 2.81. The van der Waals surface area contributed by atoms with Gasteiger partial charge in [0.15, 0.2) is 0 Å². The standard InChI is InChI=1S/C7H10O/c1-5-3-4-7(2)6(5)8-7/h6H,1,3-4H2,2H3. The molecule has 0 radical (unpaired) electrons. The molecule has 2 fully saturated rings. The van der Waals surface area contributed by atoms with E-state index in [0.717, 1.165) is 0 Å². The van der Waals surface area contributed by atoms with Gasteiger partial charge in [-0.2, -0.15) is 0 Å². The quantitative estimate of drug-likeness (QED) is 0.340. The molecular formula is C7H10O. The van der Waals surface area contributed by atoms with Gasteiger partial charge in [0.2, 0.25) is 0 Å². The lowest BCUT2D eigenvalue weighted by molar-refractivity contribution is 0.285. The van der Waals surface area contributed by atoms with E-state index >= 15 is 0 Å². The summed E-state index contributed by atoms with van der Waals surface area (Å²) in [5.74, 6) is 0. The number of epoxide rings is 1. The topological polar surface area (TPSA) is 12.5 Å². The molecule has 2 unspecified atom stereocenters. The summed E-state index contributed by atoms with van der Waals surface area (Å²) in [5, 5.41) is 0. The van der Waals surface area contributed by atoms with Crippen molar-refractivity contribution in [3.8, 4) is 0 Å². The minimum absolute atomic E-state index is 0.233. The second-order valence-corrected chi connectivity index (χ2v) is 2.97. The lowest BCUT2D eigenvalue weighted by Crippen LogP contribution is -1.99. The molecule has 0 aromatic heterocycles. The molecular weight excluding hydrogens is 100 g/mol. The Hall–Kier alpha value is -0.300. The molecule has 44 valence electrons. The Morgan fingerprint density at radius 2 is 2.62 bits per heavy atom. The van der Waals surface area contributed by atoms with Crippen molar-refractivity contribution in [3.63, 3.8) is 0 Å². The summed E-state index contributed by atoms with van der Waals surface area (Å²) in [7, 11) is 0. The summed E-state index contributed by atoms with van der Waals surface area (Å²) >= 11 is 0. The smallest absolute Gasteiger partial charge is 0.108 e. The van der Waals surface area contributed by atoms with E-state index in [1.807, 2.05) is 0 Å². The van der Waals surface area contributed by atoms with Gasteiger partial charge in [-0.3, -0.25) is 0 Å². The van der Waals surface area contributed by atoms with Gasteiger partial charge in [-0.25, -0.2) is 0 Å². The molecule has 2 atom stereocenters. The first-order valence-electron chi connectivity index (χ1n) is 3.08. The molecule has 0 aromatic rings. The predicted molar refractivity (Wildman–Crippen MR) is 31.7 cm³/mol. The van der Waals surface area contributed by atoms with Crippen LogP contribution in [0.3, 0.4) is 0 Å². The van der Waals surface area contributed by atoms with E-state index < -0.39 is 0 Å². The van der Waals surface area contributed by atoms with Gasteiger partial charge in [-0.15, -0.1) is 0 Å². The monoisotopic (exact) mass is 110 g/mol. The van der Waals surface area contributed by atoms with Gasteiger partial charge in [-0.05, 0) is 25.3 Å². The van der Waals surface area contributed by atoms with E-state index in [-0.39, 0.29) is 5.60 Å². The zero-order valence-electron chi connectivity index (χ0n) is 5.11. The molecule has 1 aliphatic carbocycles. The largest absolute Gasteiger partial charge is 0.362 e. The number of ether oxygens (including phenoxy) is 1. The van der Waals surface area contributed by atoms with Crippen molar-refractivity contribution in [3.05, 3.63) is 12.2 Å². The van der Waals surface area contributed by atoms with Crippen molar-refractivity contribution in [2.45, 2.75) is 31.5 Å². The third-order valence-corrected chi connectivity index (χ3v) is 2.20. The molecule has 1 nitrogen and oxygen atoms in total. The fourth-order valence-corrected chi connectivity index (χ4v) is 1.48. The maximum Gasteiger partial charge on any atom is 0.108 e. The van der Waals surface area contributed by atoms with Gasteiger partial charge in [0, 0.05) is 0 Å². The van der Waals surface area contributed by atoms with Gasteiger partial charge in [0.1, 0.15) is 6.10 Å². The minimum atomic E-state index is 0.233. The van der Waals surface area contributed by atoms with Crippen LogP contribution in [0.15, 0.2) is 12.2 Å². The van der Waals surface area contributed by atoms with Gasteiger partial charge in [0.25, 0.3) is 0 Å². The third kappa shape index (κ3) is 0.360. The first kappa shape index (κ1) is 4.57. The highest BCUT2D eigenvalue weighted by atomic mass is 16.6. The third-order valence-electron chi connectivity index (χ3n) is 2.20. The van der Waals surface area contributed by atoms with E-state index in [9.17, 15) is 0 Å². The first-order chi connectivity index (χ1) is 3.72. The van der Waals surface area contributed by atoms with E-state index in [0.29, 0.717) is 6.10 Å². The lowest BCUT2D eigenvalue weighted by Gasteiger charge is -1.94. The van der Waals surface area contributed by atoms with Crippen LogP contribution < -0.4 is 0 Å². The molecule has 2 aliphatic rings. The zero-order chi connectivity index (χ0) is 5.78. The highest BCUT2D eigenvalue weighted by Gasteiger charge is 2.57. The lowest BCUT2D eigenvalue weighted by atomic mass is 10.1. The molecule has 0 N–H and O–H groups in total. The van der Waals surface area contributed by atoms with Crippen molar-refractivity contribution in [1.82, 2.24) is 0 Å². The second-order valence-electron chi connectivity index (χ2n) is 2.97. The van der Waals surface area contributed by atoms with Crippen molar-refractivity contribution < 1.29 is 4.74 Å². The molecule has 1 heteroatoms. The molecule has 8 heavy (non-hydrogen) atoms. The van der Waals surface area contributed by atoms with Crippen LogP contribution in [0.1, 0.15) is 19.8 Å². The van der Waals surface area contributed by atoms with Crippen molar-refractivity contribution >= 4 is 0 Å². The van der Waals surface area contributed by atoms with Crippen LogP contribution in [0, 0.1) is 0 Å². The van der Waals surface area contributed by atoms with Gasteiger partial charge < -0.3 is 4.74 Å². The van der Waals surface area contributed by atoms with Gasteiger partial charge in [-0.1, -0.05) is 6.58 Å². The van der Waals surface area contributed by atoms with Crippen molar-refractivity contribution in [2.75, 3.05) is 0 Å². The molecule has 1 saturated carbocycles. The van der Waals surface area contributed by atoms with Crippen molar-refractivity contribution in [1.29, 1.82) is 0 Å². The first-order valence-corrected chi connectivity index (χ1v) is 3.08. The average molecular weight is 110 g/mol. The van der Waals surface area contributed by atoms with E-state index in [1.54, 1.807) is 0 Å². The molecule has 2 rings (SSSR count). The van der Waals surface area contributed by atoms with Crippen LogP contribution in [-0.2, 0) is 4.74 Å². The molecule has 1 aliphatic heterocycles. The summed E-state index contributed by atoms with van der Waals surface area (Å²) in [6.45, 7) is 6.06. The summed E-state index contributed by atoms with van der Waals surface area (Å²) < 4.78 is 5.35. The Morgan fingerprint density at radius 3 is 2.75 bits per heavy atom. The fourth-order valence-electron chi connectivity index (χ4n) is 1.48. The summed E-state index contributed by atoms with van der Waals surface area (Å²) in [6, 6.07) is 0. The number of hydrogen-bond acceptors (Lipinski definition) is 1. The van der Waals surface area contributed by atoms with E-state index in [2.05, 4.69) is 13.5 Å². The Balaban J connectivity index is 2.26. The van der Waals surface area contributed by atoms with E-state index in [1.165, 1.54) is 18.4 Å². The zero-order valence-corrected chi connectivity index (χ0v) is 5.11. The highest BCUT2D eigenvalue weighted by molar-refractivity contribution is 5.25. The van der Waals surface area contributed by atoms with Crippen molar-refractivity contribution in [2.24, 2.45) is 0 Å². The fraction of sp³-hybridized carbons (Fsp3) is 0.714. The maximum absolute atomic E-state index is 5.35. The Bertz CT molecular complexity index is 150. The van der Waals surface area contributed by atoms with Gasteiger partial charge >= 0.3 is 0 Å². The number of rotatable bonds is 0. The predicted octanol–water partition coefficient (Wildman–Crippen LogP) is 1.49. The molecule has 0 bridgehead atoms. The number of hydrogen-bond donors (Lipinski definition) is 0. The molecule has 0 aromatic carbocycles. The second kappa shape index (κ2) is 1.01. The van der Waals surface area contributed by atoms with Crippen LogP contribution >= 0.6 is 0 Å². The summed E-state index contributed by atoms with van der Waals surface area (Å²) in [5.41, 5.74) is 1.53. The molecule has 1 heterocycles. The van der Waals surface area contributed by atoms with E-state index in [4.69, 9.17) is 4.74 Å². The Kier molecular flexibility index (Phi) is 0.575. The van der Waals surface area contributed by atoms with Crippen LogP contribution in [0.25, 0.3) is 0 Å². The van der Waals surface area contributed by atoms with Crippen LogP contribution in [0.4, 0.5) is 0 Å². The van der Waals surface area contributed by atoms with Gasteiger partial charge in [0.05, 0.1) is 5.60 Å². The average Bonchev–Trinajstić information content (AvgIpc) is 2.32. The SMILES string of the molecule is C=C1CCC2(C)OC12. The normalized spacial score (nSPS) is 51.6. The Morgan fingerprint density at radius 1 is 1.88 bits per heavy atom. The summed E-state index contributed by atoms with van der Waals surface area (Å²) in [4.78, 5) is 0. The highest BCUT2D eigenvalue weighted by Crippen LogP contribution is 2.51. The molecule has 1 saturated heterocycles.